The third-order valence-electron chi connectivity index (χ3n) is 3.41. The van der Waals surface area contributed by atoms with Crippen LogP contribution in [0.25, 0.3) is 0 Å². The number of carbonyl (C=O) groups is 1. The van der Waals surface area contributed by atoms with Crippen molar-refractivity contribution in [1.29, 1.82) is 0 Å². The van der Waals surface area contributed by atoms with Crippen LogP contribution < -0.4 is 5.32 Å². The van der Waals surface area contributed by atoms with Crippen LogP contribution in [0.1, 0.15) is 35.0 Å². The summed E-state index contributed by atoms with van der Waals surface area (Å²) in [6.07, 6.45) is 2.07. The zero-order valence-corrected chi connectivity index (χ0v) is 13.1. The van der Waals surface area contributed by atoms with Crippen molar-refractivity contribution < 1.29 is 9.53 Å². The van der Waals surface area contributed by atoms with E-state index < -0.39 is 0 Å². The Morgan fingerprint density at radius 3 is 2.78 bits per heavy atom. The van der Waals surface area contributed by atoms with Crippen LogP contribution in [0.4, 0.5) is 0 Å². The van der Waals surface area contributed by atoms with Gasteiger partial charge in [0.25, 0.3) is 5.91 Å². The van der Waals surface area contributed by atoms with Gasteiger partial charge in [-0.1, -0.05) is 0 Å². The first kappa shape index (κ1) is 14.0. The molecular formula is C13H18BrNO2S. The molecule has 100 valence electrons. The summed E-state index contributed by atoms with van der Waals surface area (Å²) >= 11 is 4.94. The van der Waals surface area contributed by atoms with Gasteiger partial charge >= 0.3 is 0 Å². The summed E-state index contributed by atoms with van der Waals surface area (Å²) in [5.41, 5.74) is 1.11. The zero-order chi connectivity index (χ0) is 13.1. The molecule has 0 spiro atoms. The lowest BCUT2D eigenvalue weighted by Gasteiger charge is -2.28. The zero-order valence-electron chi connectivity index (χ0n) is 10.7. The fourth-order valence-electron chi connectivity index (χ4n) is 2.18. The summed E-state index contributed by atoms with van der Waals surface area (Å²) < 4.78 is 6.38. The molecule has 2 rings (SSSR count). The Labute approximate surface area is 120 Å². The molecule has 0 radical (unpaired) electrons. The van der Waals surface area contributed by atoms with Crippen molar-refractivity contribution >= 4 is 33.2 Å². The molecule has 1 N–H and O–H groups in total. The van der Waals surface area contributed by atoms with E-state index in [4.69, 9.17) is 4.74 Å². The van der Waals surface area contributed by atoms with Crippen LogP contribution in [0.3, 0.4) is 0 Å². The molecule has 1 aliphatic heterocycles. The molecule has 0 bridgehead atoms. The first-order valence-electron chi connectivity index (χ1n) is 6.22. The number of hydrogen-bond donors (Lipinski definition) is 1. The molecule has 0 aromatic carbocycles. The highest BCUT2D eigenvalue weighted by Crippen LogP contribution is 2.27. The predicted molar refractivity (Wildman–Crippen MR) is 77.2 cm³/mol. The van der Waals surface area contributed by atoms with Gasteiger partial charge in [0.1, 0.15) is 0 Å². The number of aryl methyl sites for hydroxylation is 1. The average Bonchev–Trinajstić information content (AvgIpc) is 2.71. The van der Waals surface area contributed by atoms with Crippen molar-refractivity contribution in [1.82, 2.24) is 5.32 Å². The number of nitrogens with one attached hydrogen (secondary N) is 1. The van der Waals surface area contributed by atoms with Gasteiger partial charge in [0.05, 0.1) is 8.66 Å². The largest absolute Gasteiger partial charge is 0.381 e. The average molecular weight is 332 g/mol. The Bertz CT molecular complexity index is 407. The Morgan fingerprint density at radius 1 is 1.56 bits per heavy atom. The number of halogens is 1. The standard InChI is InChI=1S/C13H18BrNO2S/c1-8-7-11(18-12(8)14)13(16)15-9(2)10-3-5-17-6-4-10/h7,9-10H,3-6H2,1-2H3,(H,15,16). The molecule has 0 aliphatic carbocycles. The predicted octanol–water partition coefficient (Wildman–Crippen LogP) is 3.36. The smallest absolute Gasteiger partial charge is 0.261 e. The first-order valence-corrected chi connectivity index (χ1v) is 7.83. The fraction of sp³-hybridized carbons (Fsp3) is 0.615. The fourth-order valence-corrected chi connectivity index (χ4v) is 3.62. The van der Waals surface area contributed by atoms with E-state index in [1.54, 1.807) is 0 Å². The van der Waals surface area contributed by atoms with Crippen LogP contribution in [0.2, 0.25) is 0 Å². The Hall–Kier alpha value is -0.390. The molecule has 0 saturated carbocycles. The van der Waals surface area contributed by atoms with Gasteiger partial charge in [0, 0.05) is 19.3 Å². The van der Waals surface area contributed by atoms with E-state index in [-0.39, 0.29) is 11.9 Å². The summed E-state index contributed by atoms with van der Waals surface area (Å²) in [6, 6.07) is 2.14. The minimum atomic E-state index is 0.0350. The first-order chi connectivity index (χ1) is 8.58. The van der Waals surface area contributed by atoms with Crippen molar-refractivity contribution in [3.8, 4) is 0 Å². The minimum Gasteiger partial charge on any atom is -0.381 e. The lowest BCUT2D eigenvalue weighted by Crippen LogP contribution is -2.40. The van der Waals surface area contributed by atoms with Gasteiger partial charge in [0.2, 0.25) is 0 Å². The van der Waals surface area contributed by atoms with E-state index in [9.17, 15) is 4.79 Å². The van der Waals surface area contributed by atoms with Crippen LogP contribution in [-0.2, 0) is 4.74 Å². The van der Waals surface area contributed by atoms with Crippen LogP contribution in [0.15, 0.2) is 9.85 Å². The summed E-state index contributed by atoms with van der Waals surface area (Å²) in [6.45, 7) is 5.71. The van der Waals surface area contributed by atoms with E-state index in [1.165, 1.54) is 11.3 Å². The van der Waals surface area contributed by atoms with Crippen LogP contribution in [0.5, 0.6) is 0 Å². The number of carbonyl (C=O) groups excluding carboxylic acids is 1. The third kappa shape index (κ3) is 3.33. The molecule has 1 aromatic rings. The van der Waals surface area contributed by atoms with Gasteiger partial charge in [-0.15, -0.1) is 11.3 Å². The number of thiophene rings is 1. The SMILES string of the molecule is Cc1cc(C(=O)NC(C)C2CCOCC2)sc1Br. The molecule has 2 heterocycles. The molecular weight excluding hydrogens is 314 g/mol. The van der Waals surface area contributed by atoms with E-state index in [0.717, 1.165) is 40.3 Å². The van der Waals surface area contributed by atoms with Gasteiger partial charge in [-0.3, -0.25) is 4.79 Å². The van der Waals surface area contributed by atoms with Crippen molar-refractivity contribution in [2.24, 2.45) is 5.92 Å². The van der Waals surface area contributed by atoms with E-state index in [0.29, 0.717) is 5.92 Å². The van der Waals surface area contributed by atoms with Crippen LogP contribution >= 0.6 is 27.3 Å². The van der Waals surface area contributed by atoms with E-state index >= 15 is 0 Å². The lowest BCUT2D eigenvalue weighted by molar-refractivity contribution is 0.0539. The van der Waals surface area contributed by atoms with E-state index in [2.05, 4.69) is 28.2 Å². The molecule has 1 saturated heterocycles. The summed E-state index contributed by atoms with van der Waals surface area (Å²) in [5, 5.41) is 3.10. The lowest BCUT2D eigenvalue weighted by atomic mass is 9.93. The Kier molecular flexibility index (Phi) is 4.81. The molecule has 1 aromatic heterocycles. The van der Waals surface area contributed by atoms with Gasteiger partial charge in [-0.25, -0.2) is 0 Å². The van der Waals surface area contributed by atoms with Crippen molar-refractivity contribution in [3.63, 3.8) is 0 Å². The third-order valence-corrected chi connectivity index (χ3v) is 5.55. The topological polar surface area (TPSA) is 38.3 Å². The summed E-state index contributed by atoms with van der Waals surface area (Å²) in [5.74, 6) is 0.569. The maximum Gasteiger partial charge on any atom is 0.261 e. The van der Waals surface area contributed by atoms with Crippen molar-refractivity contribution in [3.05, 3.63) is 20.3 Å². The molecule has 1 unspecified atom stereocenters. The second-order valence-electron chi connectivity index (χ2n) is 4.78. The second kappa shape index (κ2) is 6.17. The highest BCUT2D eigenvalue weighted by Gasteiger charge is 2.22. The number of rotatable bonds is 3. The second-order valence-corrected chi connectivity index (χ2v) is 7.15. The van der Waals surface area contributed by atoms with Crippen molar-refractivity contribution in [2.45, 2.75) is 32.7 Å². The van der Waals surface area contributed by atoms with Crippen LogP contribution in [0, 0.1) is 12.8 Å². The summed E-state index contributed by atoms with van der Waals surface area (Å²) in [7, 11) is 0. The quantitative estimate of drug-likeness (QED) is 0.922. The number of ether oxygens (including phenoxy) is 1. The Morgan fingerprint density at radius 2 is 2.22 bits per heavy atom. The highest BCUT2D eigenvalue weighted by atomic mass is 79.9. The number of hydrogen-bond acceptors (Lipinski definition) is 3. The van der Waals surface area contributed by atoms with Gasteiger partial charge < -0.3 is 10.1 Å². The molecule has 1 fully saturated rings. The number of amides is 1. The normalized spacial score (nSPS) is 18.6. The monoisotopic (exact) mass is 331 g/mol. The van der Waals surface area contributed by atoms with Crippen LogP contribution in [-0.4, -0.2) is 25.2 Å². The summed E-state index contributed by atoms with van der Waals surface area (Å²) in [4.78, 5) is 12.9. The molecule has 1 atom stereocenters. The molecule has 3 nitrogen and oxygen atoms in total. The van der Waals surface area contributed by atoms with E-state index in [1.807, 2.05) is 13.0 Å². The molecule has 18 heavy (non-hydrogen) atoms. The molecule has 5 heteroatoms. The minimum absolute atomic E-state index is 0.0350. The van der Waals surface area contributed by atoms with Gasteiger partial charge in [-0.05, 0) is 60.2 Å². The van der Waals surface area contributed by atoms with Crippen molar-refractivity contribution in [2.75, 3.05) is 13.2 Å². The maximum atomic E-state index is 12.1. The maximum absolute atomic E-state index is 12.1. The van der Waals surface area contributed by atoms with Gasteiger partial charge in [-0.2, -0.15) is 0 Å². The Balaban J connectivity index is 1.93. The van der Waals surface area contributed by atoms with Gasteiger partial charge in [0.15, 0.2) is 0 Å². The highest BCUT2D eigenvalue weighted by molar-refractivity contribution is 9.11. The molecule has 1 aliphatic rings. The molecule has 1 amide bonds.